The third kappa shape index (κ3) is 3.86. The van der Waals surface area contributed by atoms with Gasteiger partial charge in [-0.25, -0.2) is 9.37 Å². The smallest absolute Gasteiger partial charge is 0.263 e. The Bertz CT molecular complexity index is 1080. The van der Waals surface area contributed by atoms with Gasteiger partial charge in [0.25, 0.3) is 5.71 Å². The van der Waals surface area contributed by atoms with Crippen LogP contribution in [0.25, 0.3) is 22.4 Å². The molecule has 0 N–H and O–H groups in total. The number of amides is 1. The molecule has 2 aliphatic rings. The maximum Gasteiger partial charge on any atom is 0.263 e. The average molecular weight is 423 g/mol. The fraction of sp³-hybridized carbons (Fsp3) is 0.478. The molecule has 162 valence electrons. The highest BCUT2D eigenvalue weighted by Gasteiger charge is 2.33. The molecule has 4 heterocycles. The lowest BCUT2D eigenvalue weighted by Gasteiger charge is -2.38. The highest BCUT2D eigenvalue weighted by molar-refractivity contribution is 5.98. The van der Waals surface area contributed by atoms with Gasteiger partial charge in [0.05, 0.1) is 5.92 Å². The summed E-state index contributed by atoms with van der Waals surface area (Å²) in [4.78, 5) is 26.2. The number of halogens is 1. The Morgan fingerprint density at radius 1 is 1.10 bits per heavy atom. The second kappa shape index (κ2) is 8.24. The molecule has 0 saturated carbocycles. The fourth-order valence-corrected chi connectivity index (χ4v) is 4.84. The number of rotatable bonds is 3. The Morgan fingerprint density at radius 3 is 2.71 bits per heavy atom. The number of hydrogen-bond acceptors (Lipinski definition) is 6. The van der Waals surface area contributed by atoms with Crippen LogP contribution in [0.5, 0.6) is 0 Å². The minimum Gasteiger partial charge on any atom is -0.355 e. The maximum absolute atomic E-state index is 13.4. The topological polar surface area (TPSA) is 75.4 Å². The van der Waals surface area contributed by atoms with Crippen LogP contribution < -0.4 is 4.90 Å². The third-order valence-corrected chi connectivity index (χ3v) is 6.41. The van der Waals surface area contributed by atoms with E-state index in [-0.39, 0.29) is 17.6 Å². The minimum absolute atomic E-state index is 0.0433. The van der Waals surface area contributed by atoms with Gasteiger partial charge in [-0.3, -0.25) is 4.79 Å². The number of carbonyl (C=O) groups is 1. The second-order valence-corrected chi connectivity index (χ2v) is 8.73. The summed E-state index contributed by atoms with van der Waals surface area (Å²) >= 11 is 0. The molecule has 1 aromatic carbocycles. The molecular formula is C23H26FN5O2. The molecule has 7 nitrogen and oxygen atoms in total. The van der Waals surface area contributed by atoms with Crippen LogP contribution in [0.3, 0.4) is 0 Å². The predicted molar refractivity (Wildman–Crippen MR) is 115 cm³/mol. The molecule has 2 fully saturated rings. The molecule has 5 rings (SSSR count). The van der Waals surface area contributed by atoms with Crippen molar-refractivity contribution in [1.29, 1.82) is 0 Å². The van der Waals surface area contributed by atoms with Crippen LogP contribution in [0, 0.1) is 17.7 Å². The highest BCUT2D eigenvalue weighted by Crippen LogP contribution is 2.35. The van der Waals surface area contributed by atoms with E-state index in [2.05, 4.69) is 26.9 Å². The number of anilines is 1. The summed E-state index contributed by atoms with van der Waals surface area (Å²) in [5.74, 6) is 1.19. The SMILES string of the molecule is C[C@@H]1CCCN(C(=O)[C@H]2CCCN(c3ncnc4onc(-c5ccc(F)cc5)c34)C2)C1. The van der Waals surface area contributed by atoms with Crippen LogP contribution in [-0.2, 0) is 4.79 Å². The number of piperidine rings is 2. The zero-order valence-electron chi connectivity index (χ0n) is 17.6. The summed E-state index contributed by atoms with van der Waals surface area (Å²) in [6.45, 7) is 5.35. The van der Waals surface area contributed by atoms with Crippen molar-refractivity contribution in [2.75, 3.05) is 31.1 Å². The summed E-state index contributed by atoms with van der Waals surface area (Å²) in [5, 5.41) is 4.89. The van der Waals surface area contributed by atoms with E-state index in [0.717, 1.165) is 50.3 Å². The molecule has 8 heteroatoms. The molecule has 0 unspecified atom stereocenters. The number of likely N-dealkylation sites (tertiary alicyclic amines) is 1. The first-order valence-electron chi connectivity index (χ1n) is 11.0. The van der Waals surface area contributed by atoms with Gasteiger partial charge in [0.1, 0.15) is 29.0 Å². The van der Waals surface area contributed by atoms with Crippen molar-refractivity contribution in [3.8, 4) is 11.3 Å². The second-order valence-electron chi connectivity index (χ2n) is 8.73. The highest BCUT2D eigenvalue weighted by atomic mass is 19.1. The van der Waals surface area contributed by atoms with Crippen LogP contribution in [0.4, 0.5) is 10.2 Å². The molecule has 2 atom stereocenters. The molecule has 0 spiro atoms. The lowest BCUT2D eigenvalue weighted by atomic mass is 9.93. The molecular weight excluding hydrogens is 397 g/mol. The van der Waals surface area contributed by atoms with Crippen molar-refractivity contribution >= 4 is 22.8 Å². The van der Waals surface area contributed by atoms with Crippen molar-refractivity contribution in [3.05, 3.63) is 36.4 Å². The van der Waals surface area contributed by atoms with Crippen molar-refractivity contribution < 1.29 is 13.7 Å². The van der Waals surface area contributed by atoms with Gasteiger partial charge in [0.2, 0.25) is 5.91 Å². The Morgan fingerprint density at radius 2 is 1.90 bits per heavy atom. The number of aromatic nitrogens is 3. The van der Waals surface area contributed by atoms with E-state index in [1.165, 1.54) is 24.9 Å². The first-order chi connectivity index (χ1) is 15.1. The van der Waals surface area contributed by atoms with Crippen LogP contribution in [0.15, 0.2) is 35.1 Å². The Labute approximate surface area is 180 Å². The first-order valence-corrected chi connectivity index (χ1v) is 11.0. The van der Waals surface area contributed by atoms with Gasteiger partial charge in [0, 0.05) is 31.7 Å². The Hall–Kier alpha value is -3.03. The quantitative estimate of drug-likeness (QED) is 0.636. The summed E-state index contributed by atoms with van der Waals surface area (Å²) < 4.78 is 18.8. The summed E-state index contributed by atoms with van der Waals surface area (Å²) in [5.41, 5.74) is 1.72. The zero-order chi connectivity index (χ0) is 21.4. The molecule has 0 radical (unpaired) electrons. The number of hydrogen-bond donors (Lipinski definition) is 0. The monoisotopic (exact) mass is 423 g/mol. The minimum atomic E-state index is -0.308. The van der Waals surface area contributed by atoms with Crippen LogP contribution >= 0.6 is 0 Å². The average Bonchev–Trinajstić information content (AvgIpc) is 3.23. The maximum atomic E-state index is 13.4. The molecule has 2 saturated heterocycles. The molecule has 0 bridgehead atoms. The Balaban J connectivity index is 1.44. The van der Waals surface area contributed by atoms with Gasteiger partial charge in [-0.05, 0) is 55.9 Å². The van der Waals surface area contributed by atoms with E-state index in [1.54, 1.807) is 12.1 Å². The molecule has 31 heavy (non-hydrogen) atoms. The normalized spacial score (nSPS) is 22.1. The molecule has 3 aromatic rings. The van der Waals surface area contributed by atoms with Gasteiger partial charge >= 0.3 is 0 Å². The molecule has 2 aromatic heterocycles. The number of carbonyl (C=O) groups excluding carboxylic acids is 1. The third-order valence-electron chi connectivity index (χ3n) is 6.41. The van der Waals surface area contributed by atoms with E-state index < -0.39 is 0 Å². The van der Waals surface area contributed by atoms with Gasteiger partial charge in [-0.1, -0.05) is 12.1 Å². The van der Waals surface area contributed by atoms with Crippen LogP contribution in [-0.4, -0.2) is 52.1 Å². The van der Waals surface area contributed by atoms with E-state index in [9.17, 15) is 9.18 Å². The fourth-order valence-electron chi connectivity index (χ4n) is 4.84. The van der Waals surface area contributed by atoms with Crippen molar-refractivity contribution in [1.82, 2.24) is 20.0 Å². The largest absolute Gasteiger partial charge is 0.355 e. The van der Waals surface area contributed by atoms with E-state index >= 15 is 0 Å². The van der Waals surface area contributed by atoms with Gasteiger partial charge < -0.3 is 14.3 Å². The standard InChI is InChI=1S/C23H26FN5O2/c1-15-4-2-11-29(12-15)23(30)17-5-3-10-28(13-17)21-19-20(16-6-8-18(24)9-7-16)27-31-22(19)26-14-25-21/h6-9,14-15,17H,2-5,10-13H2,1H3/t15-,17+/m1/s1. The molecule has 2 aliphatic heterocycles. The van der Waals surface area contributed by atoms with Crippen molar-refractivity contribution in [2.45, 2.75) is 32.6 Å². The summed E-state index contributed by atoms with van der Waals surface area (Å²) in [7, 11) is 0. The number of fused-ring (bicyclic) bond motifs is 1. The first kappa shape index (κ1) is 19.9. The van der Waals surface area contributed by atoms with E-state index in [4.69, 9.17) is 4.52 Å². The van der Waals surface area contributed by atoms with Gasteiger partial charge in [-0.2, -0.15) is 4.98 Å². The summed E-state index contributed by atoms with van der Waals surface area (Å²) in [6.07, 6.45) is 5.55. The van der Waals surface area contributed by atoms with Gasteiger partial charge in [0.15, 0.2) is 0 Å². The van der Waals surface area contributed by atoms with E-state index in [0.29, 0.717) is 29.3 Å². The van der Waals surface area contributed by atoms with Crippen LogP contribution in [0.2, 0.25) is 0 Å². The van der Waals surface area contributed by atoms with E-state index in [1.807, 2.05) is 4.90 Å². The number of benzene rings is 1. The van der Waals surface area contributed by atoms with Crippen molar-refractivity contribution in [2.24, 2.45) is 11.8 Å². The Kier molecular flexibility index (Phi) is 5.29. The number of nitrogens with zero attached hydrogens (tertiary/aromatic N) is 5. The summed E-state index contributed by atoms with van der Waals surface area (Å²) in [6, 6.07) is 6.13. The lowest BCUT2D eigenvalue weighted by molar-refractivity contribution is -0.137. The zero-order valence-corrected chi connectivity index (χ0v) is 17.6. The van der Waals surface area contributed by atoms with Gasteiger partial charge in [-0.15, -0.1) is 0 Å². The predicted octanol–water partition coefficient (Wildman–Crippen LogP) is 3.90. The molecule has 0 aliphatic carbocycles. The van der Waals surface area contributed by atoms with Crippen LogP contribution in [0.1, 0.15) is 32.6 Å². The molecule has 1 amide bonds. The van der Waals surface area contributed by atoms with Crippen molar-refractivity contribution in [3.63, 3.8) is 0 Å². The lowest BCUT2D eigenvalue weighted by Crippen LogP contribution is -2.48.